The van der Waals surface area contributed by atoms with E-state index in [0.717, 1.165) is 48.8 Å². The Kier molecular flexibility index (Phi) is 5.00. The highest BCUT2D eigenvalue weighted by atomic mass is 32.1. The molecule has 5 heteroatoms. The van der Waals surface area contributed by atoms with Gasteiger partial charge in [-0.15, -0.1) is 11.3 Å². The van der Waals surface area contributed by atoms with Gasteiger partial charge in [-0.2, -0.15) is 0 Å². The third-order valence-corrected chi connectivity index (χ3v) is 6.71. The first-order valence-corrected chi connectivity index (χ1v) is 11.0. The smallest absolute Gasteiger partial charge is 0.142 e. The quantitative estimate of drug-likeness (QED) is 0.476. The van der Waals surface area contributed by atoms with E-state index in [2.05, 4.69) is 81.7 Å². The minimum absolute atomic E-state index is 0.924. The normalized spacial score (nSPS) is 14.1. The van der Waals surface area contributed by atoms with E-state index in [0.29, 0.717) is 0 Å². The monoisotopic (exact) mass is 400 g/mol. The van der Waals surface area contributed by atoms with Crippen molar-refractivity contribution in [3.63, 3.8) is 0 Å². The van der Waals surface area contributed by atoms with Gasteiger partial charge in [0.2, 0.25) is 0 Å². The van der Waals surface area contributed by atoms with Crippen LogP contribution < -0.4 is 5.32 Å². The van der Waals surface area contributed by atoms with Crippen LogP contribution in [0.25, 0.3) is 10.2 Å². The zero-order valence-electron chi connectivity index (χ0n) is 16.6. The van der Waals surface area contributed by atoms with E-state index in [1.165, 1.54) is 27.0 Å². The van der Waals surface area contributed by atoms with Crippen LogP contribution in [0.2, 0.25) is 0 Å². The maximum Gasteiger partial charge on any atom is 0.142 e. The Morgan fingerprint density at radius 1 is 1.00 bits per heavy atom. The molecule has 0 spiro atoms. The van der Waals surface area contributed by atoms with Gasteiger partial charge in [0.05, 0.1) is 5.39 Å². The molecule has 146 valence electrons. The highest BCUT2D eigenvalue weighted by Gasteiger charge is 2.23. The summed E-state index contributed by atoms with van der Waals surface area (Å²) >= 11 is 1.81. The second-order valence-corrected chi connectivity index (χ2v) is 8.61. The third kappa shape index (κ3) is 3.76. The predicted octanol–water partition coefficient (Wildman–Crippen LogP) is 5.56. The van der Waals surface area contributed by atoms with Gasteiger partial charge in [0.1, 0.15) is 17.0 Å². The molecule has 2 aromatic carbocycles. The van der Waals surface area contributed by atoms with E-state index in [9.17, 15) is 0 Å². The summed E-state index contributed by atoms with van der Waals surface area (Å²) in [5.74, 6) is 0.924. The molecule has 0 fully saturated rings. The number of aryl methyl sites for hydroxylation is 1. The molecule has 29 heavy (non-hydrogen) atoms. The van der Waals surface area contributed by atoms with Crippen molar-refractivity contribution in [2.45, 2.75) is 32.9 Å². The number of anilines is 2. The van der Waals surface area contributed by atoms with Crippen LogP contribution in [0.3, 0.4) is 0 Å². The summed E-state index contributed by atoms with van der Waals surface area (Å²) in [7, 11) is 0. The molecule has 1 aliphatic heterocycles. The predicted molar refractivity (Wildman–Crippen MR) is 121 cm³/mol. The number of rotatable bonds is 5. The summed E-state index contributed by atoms with van der Waals surface area (Å²) in [6.07, 6.45) is 3.77. The van der Waals surface area contributed by atoms with Gasteiger partial charge in [-0.25, -0.2) is 9.97 Å². The summed E-state index contributed by atoms with van der Waals surface area (Å²) < 4.78 is 0. The molecular formula is C24H24N4S. The summed E-state index contributed by atoms with van der Waals surface area (Å²) in [4.78, 5) is 14.2. The fourth-order valence-corrected chi connectivity index (χ4v) is 5.24. The highest BCUT2D eigenvalue weighted by Crippen LogP contribution is 2.38. The molecule has 2 aromatic heterocycles. The summed E-state index contributed by atoms with van der Waals surface area (Å²) in [5, 5.41) is 4.73. The fraction of sp³-hybridized carbons (Fsp3) is 0.250. The minimum Gasteiger partial charge on any atom is -0.340 e. The van der Waals surface area contributed by atoms with Gasteiger partial charge in [0, 0.05) is 30.2 Å². The molecule has 5 rings (SSSR count). The molecule has 0 radical (unpaired) electrons. The number of thiophene rings is 1. The van der Waals surface area contributed by atoms with Crippen LogP contribution in [0.15, 0.2) is 60.9 Å². The van der Waals surface area contributed by atoms with Gasteiger partial charge in [0.25, 0.3) is 0 Å². The second kappa shape index (κ2) is 7.93. The number of aromatic nitrogens is 2. The molecule has 0 atom stereocenters. The summed E-state index contributed by atoms with van der Waals surface area (Å²) in [6, 6.07) is 19.3. The Bertz CT molecular complexity index is 1120. The maximum atomic E-state index is 4.58. The SMILES string of the molecule is CCc1ccc(Nc2ncnc3sc4c(c23)CCN(Cc2ccccc2)C4)cc1. The van der Waals surface area contributed by atoms with Gasteiger partial charge >= 0.3 is 0 Å². The van der Waals surface area contributed by atoms with E-state index >= 15 is 0 Å². The minimum atomic E-state index is 0.924. The lowest BCUT2D eigenvalue weighted by atomic mass is 10.0. The number of nitrogens with one attached hydrogen (secondary N) is 1. The lowest BCUT2D eigenvalue weighted by Gasteiger charge is -2.27. The van der Waals surface area contributed by atoms with E-state index in [1.807, 2.05) is 11.3 Å². The molecule has 0 bridgehead atoms. The van der Waals surface area contributed by atoms with Crippen molar-refractivity contribution >= 4 is 33.1 Å². The van der Waals surface area contributed by atoms with Crippen LogP contribution in [0, 0.1) is 0 Å². The van der Waals surface area contributed by atoms with Crippen molar-refractivity contribution in [3.8, 4) is 0 Å². The Labute approximate surface area is 175 Å². The number of nitrogens with zero attached hydrogens (tertiary/aromatic N) is 3. The average Bonchev–Trinajstić information content (AvgIpc) is 3.14. The van der Waals surface area contributed by atoms with E-state index in [4.69, 9.17) is 0 Å². The molecule has 0 saturated carbocycles. The van der Waals surface area contributed by atoms with Crippen LogP contribution in [0.5, 0.6) is 0 Å². The highest BCUT2D eigenvalue weighted by molar-refractivity contribution is 7.19. The lowest BCUT2D eigenvalue weighted by molar-refractivity contribution is 0.249. The fourth-order valence-electron chi connectivity index (χ4n) is 4.01. The molecule has 4 nitrogen and oxygen atoms in total. The molecular weight excluding hydrogens is 376 g/mol. The van der Waals surface area contributed by atoms with Gasteiger partial charge in [-0.3, -0.25) is 4.90 Å². The molecule has 0 amide bonds. The Balaban J connectivity index is 1.42. The van der Waals surface area contributed by atoms with Crippen molar-refractivity contribution in [3.05, 3.63) is 82.5 Å². The van der Waals surface area contributed by atoms with Crippen molar-refractivity contribution in [1.82, 2.24) is 14.9 Å². The van der Waals surface area contributed by atoms with Crippen LogP contribution in [-0.2, 0) is 25.9 Å². The molecule has 1 N–H and O–H groups in total. The number of fused-ring (bicyclic) bond motifs is 3. The van der Waals surface area contributed by atoms with Crippen LogP contribution >= 0.6 is 11.3 Å². The van der Waals surface area contributed by atoms with Gasteiger partial charge < -0.3 is 5.32 Å². The zero-order chi connectivity index (χ0) is 19.6. The molecule has 3 heterocycles. The van der Waals surface area contributed by atoms with E-state index in [1.54, 1.807) is 6.33 Å². The van der Waals surface area contributed by atoms with Crippen molar-refractivity contribution in [2.75, 3.05) is 11.9 Å². The Morgan fingerprint density at radius 3 is 2.62 bits per heavy atom. The standard InChI is InChI=1S/C24H24N4S/c1-2-17-8-10-19(11-9-17)27-23-22-20-12-13-28(14-18-6-4-3-5-7-18)15-21(20)29-24(22)26-16-25-23/h3-11,16H,2,12-15H2,1H3,(H,25,26,27). The van der Waals surface area contributed by atoms with Gasteiger partial charge in [-0.05, 0) is 41.7 Å². The van der Waals surface area contributed by atoms with Crippen molar-refractivity contribution in [1.29, 1.82) is 0 Å². The number of hydrogen-bond acceptors (Lipinski definition) is 5. The first-order chi connectivity index (χ1) is 14.3. The Morgan fingerprint density at radius 2 is 1.83 bits per heavy atom. The first kappa shape index (κ1) is 18.3. The molecule has 1 aliphatic rings. The molecule has 0 unspecified atom stereocenters. The van der Waals surface area contributed by atoms with Gasteiger partial charge in [0.15, 0.2) is 0 Å². The second-order valence-electron chi connectivity index (χ2n) is 7.53. The average molecular weight is 401 g/mol. The van der Waals surface area contributed by atoms with Crippen LogP contribution in [0.1, 0.15) is 28.5 Å². The van der Waals surface area contributed by atoms with Crippen molar-refractivity contribution < 1.29 is 0 Å². The first-order valence-electron chi connectivity index (χ1n) is 10.2. The van der Waals surface area contributed by atoms with E-state index in [-0.39, 0.29) is 0 Å². The largest absolute Gasteiger partial charge is 0.340 e. The Hall–Kier alpha value is -2.76. The topological polar surface area (TPSA) is 41.1 Å². The number of hydrogen-bond donors (Lipinski definition) is 1. The molecule has 0 saturated heterocycles. The van der Waals surface area contributed by atoms with Crippen LogP contribution in [0.4, 0.5) is 11.5 Å². The molecule has 4 aromatic rings. The summed E-state index contributed by atoms with van der Waals surface area (Å²) in [5.41, 5.74) is 5.20. The zero-order valence-corrected chi connectivity index (χ0v) is 17.4. The summed E-state index contributed by atoms with van der Waals surface area (Å²) in [6.45, 7) is 5.22. The molecule has 0 aliphatic carbocycles. The van der Waals surface area contributed by atoms with Crippen molar-refractivity contribution in [2.24, 2.45) is 0 Å². The van der Waals surface area contributed by atoms with Gasteiger partial charge in [-0.1, -0.05) is 49.4 Å². The third-order valence-electron chi connectivity index (χ3n) is 5.59. The lowest BCUT2D eigenvalue weighted by Crippen LogP contribution is -2.29. The van der Waals surface area contributed by atoms with E-state index < -0.39 is 0 Å². The number of benzene rings is 2. The van der Waals surface area contributed by atoms with Crippen LogP contribution in [-0.4, -0.2) is 21.4 Å². The maximum absolute atomic E-state index is 4.58.